The molecule has 0 radical (unpaired) electrons. The number of hydrogen-bond donors (Lipinski definition) is 3. The van der Waals surface area contributed by atoms with Crippen molar-refractivity contribution in [3.05, 3.63) is 102 Å². The molecule has 5 rings (SSSR count). The van der Waals surface area contributed by atoms with Gasteiger partial charge in [0.1, 0.15) is 17.2 Å². The summed E-state index contributed by atoms with van der Waals surface area (Å²) in [7, 11) is 3.47. The molecule has 0 fully saturated rings. The summed E-state index contributed by atoms with van der Waals surface area (Å²) in [6.07, 6.45) is 5.76. The normalized spacial score (nSPS) is 10.7. The monoisotopic (exact) mass is 521 g/mol. The third-order valence-electron chi connectivity index (χ3n) is 6.13. The molecule has 0 bridgehead atoms. The molecular weight excluding hydrogens is 494 g/mol. The number of fused-ring (bicyclic) bond motifs is 1. The summed E-state index contributed by atoms with van der Waals surface area (Å²) in [6.45, 7) is 0.546. The van der Waals surface area contributed by atoms with Crippen LogP contribution in [0.4, 0.5) is 11.6 Å². The number of imidazole rings is 1. The van der Waals surface area contributed by atoms with Gasteiger partial charge in [0.25, 0.3) is 11.8 Å². The minimum atomic E-state index is -0.286. The van der Waals surface area contributed by atoms with Crippen molar-refractivity contribution < 1.29 is 14.3 Å². The van der Waals surface area contributed by atoms with Gasteiger partial charge in [0.05, 0.1) is 11.0 Å². The molecule has 2 aromatic carbocycles. The lowest BCUT2D eigenvalue weighted by Gasteiger charge is -2.08. The molecule has 10 nitrogen and oxygen atoms in total. The van der Waals surface area contributed by atoms with Gasteiger partial charge in [0, 0.05) is 62.6 Å². The molecular formula is C29H27N7O3. The standard InChI is InChI=1S/C29H27N7O3/c1-30-28(38)25-18-23(12-16-32-25)39-22-7-8-26-24(17-22)35-29(36(26)2)34-21-5-3-20(4-6-21)27(37)33-15-11-19-9-13-31-14-10-19/h3-10,12-14,16-18H,11,15H2,1-2H3,(H,30,38)(H,33,37)(H,34,35). The lowest BCUT2D eigenvalue weighted by atomic mass is 10.1. The van der Waals surface area contributed by atoms with E-state index in [-0.39, 0.29) is 17.5 Å². The highest BCUT2D eigenvalue weighted by molar-refractivity contribution is 5.94. The first kappa shape index (κ1) is 25.4. The van der Waals surface area contributed by atoms with E-state index in [0.717, 1.165) is 28.7 Å². The van der Waals surface area contributed by atoms with Crippen molar-refractivity contribution in [2.24, 2.45) is 7.05 Å². The molecule has 3 N–H and O–H groups in total. The Morgan fingerprint density at radius 3 is 2.44 bits per heavy atom. The zero-order valence-electron chi connectivity index (χ0n) is 21.5. The molecule has 3 heterocycles. The van der Waals surface area contributed by atoms with E-state index in [0.29, 0.717) is 29.6 Å². The number of pyridine rings is 2. The van der Waals surface area contributed by atoms with Gasteiger partial charge in [-0.25, -0.2) is 4.98 Å². The van der Waals surface area contributed by atoms with E-state index in [9.17, 15) is 9.59 Å². The quantitative estimate of drug-likeness (QED) is 0.265. The summed E-state index contributed by atoms with van der Waals surface area (Å²) in [6, 6.07) is 20.0. The molecule has 2 amide bonds. The third-order valence-corrected chi connectivity index (χ3v) is 6.13. The Balaban J connectivity index is 1.23. The number of benzene rings is 2. The van der Waals surface area contributed by atoms with E-state index in [4.69, 9.17) is 9.72 Å². The number of nitrogens with one attached hydrogen (secondary N) is 3. The highest BCUT2D eigenvalue weighted by Gasteiger charge is 2.12. The van der Waals surface area contributed by atoms with Crippen LogP contribution in [-0.2, 0) is 13.5 Å². The van der Waals surface area contributed by atoms with Gasteiger partial charge in [-0.05, 0) is 66.6 Å². The second-order valence-electron chi connectivity index (χ2n) is 8.77. The number of ether oxygens (including phenoxy) is 1. The molecule has 0 saturated heterocycles. The fourth-order valence-corrected chi connectivity index (χ4v) is 4.02. The van der Waals surface area contributed by atoms with Gasteiger partial charge in [-0.2, -0.15) is 0 Å². The van der Waals surface area contributed by atoms with Gasteiger partial charge >= 0.3 is 0 Å². The first-order chi connectivity index (χ1) is 19.0. The van der Waals surface area contributed by atoms with Crippen molar-refractivity contribution in [3.63, 3.8) is 0 Å². The Morgan fingerprint density at radius 2 is 1.67 bits per heavy atom. The number of anilines is 2. The largest absolute Gasteiger partial charge is 0.457 e. The van der Waals surface area contributed by atoms with Crippen molar-refractivity contribution in [1.29, 1.82) is 0 Å². The van der Waals surface area contributed by atoms with Crippen LogP contribution in [0.3, 0.4) is 0 Å². The molecule has 0 atom stereocenters. The highest BCUT2D eigenvalue weighted by Crippen LogP contribution is 2.28. The fourth-order valence-electron chi connectivity index (χ4n) is 4.02. The number of amides is 2. The van der Waals surface area contributed by atoms with Crippen LogP contribution in [0, 0.1) is 0 Å². The van der Waals surface area contributed by atoms with Crippen molar-refractivity contribution in [3.8, 4) is 11.5 Å². The number of hydrogen-bond acceptors (Lipinski definition) is 7. The van der Waals surface area contributed by atoms with E-state index < -0.39 is 0 Å². The molecule has 0 aliphatic rings. The summed E-state index contributed by atoms with van der Waals surface area (Å²) in [5.41, 5.74) is 4.43. The SMILES string of the molecule is CNC(=O)c1cc(Oc2ccc3c(c2)nc(Nc2ccc(C(=O)NCCc4ccncc4)cc2)n3C)ccn1. The van der Waals surface area contributed by atoms with Crippen LogP contribution in [0.1, 0.15) is 26.4 Å². The van der Waals surface area contributed by atoms with Gasteiger partial charge < -0.3 is 25.3 Å². The van der Waals surface area contributed by atoms with E-state index in [1.807, 2.05) is 54.1 Å². The van der Waals surface area contributed by atoms with Crippen LogP contribution in [0.25, 0.3) is 11.0 Å². The predicted molar refractivity (Wildman–Crippen MR) is 148 cm³/mol. The molecule has 0 spiro atoms. The van der Waals surface area contributed by atoms with E-state index in [1.54, 1.807) is 43.7 Å². The molecule has 5 aromatic rings. The van der Waals surface area contributed by atoms with Crippen LogP contribution >= 0.6 is 0 Å². The highest BCUT2D eigenvalue weighted by atomic mass is 16.5. The molecule has 3 aromatic heterocycles. The first-order valence-corrected chi connectivity index (χ1v) is 12.4. The maximum atomic E-state index is 12.5. The number of carbonyl (C=O) groups is 2. The van der Waals surface area contributed by atoms with Gasteiger partial charge in [-0.3, -0.25) is 19.6 Å². The smallest absolute Gasteiger partial charge is 0.269 e. The molecule has 39 heavy (non-hydrogen) atoms. The van der Waals surface area contributed by atoms with E-state index in [2.05, 4.69) is 25.9 Å². The predicted octanol–water partition coefficient (Wildman–Crippen LogP) is 4.23. The Kier molecular flexibility index (Phi) is 7.44. The molecule has 0 unspecified atom stereocenters. The lowest BCUT2D eigenvalue weighted by Crippen LogP contribution is -2.25. The molecule has 196 valence electrons. The summed E-state index contributed by atoms with van der Waals surface area (Å²) in [5, 5.41) is 8.80. The van der Waals surface area contributed by atoms with Gasteiger partial charge in [-0.15, -0.1) is 0 Å². The maximum Gasteiger partial charge on any atom is 0.269 e. The first-order valence-electron chi connectivity index (χ1n) is 12.4. The second-order valence-corrected chi connectivity index (χ2v) is 8.77. The van der Waals surface area contributed by atoms with Crippen molar-refractivity contribution in [1.82, 2.24) is 30.2 Å². The fraction of sp³-hybridized carbons (Fsp3) is 0.138. The van der Waals surface area contributed by atoms with Crippen LogP contribution < -0.4 is 20.7 Å². The number of rotatable bonds is 9. The molecule has 0 aliphatic heterocycles. The average molecular weight is 522 g/mol. The topological polar surface area (TPSA) is 123 Å². The molecule has 0 saturated carbocycles. The van der Waals surface area contributed by atoms with Crippen molar-refractivity contribution in [2.75, 3.05) is 18.9 Å². The van der Waals surface area contributed by atoms with Gasteiger partial charge in [0.15, 0.2) is 0 Å². The van der Waals surface area contributed by atoms with Crippen molar-refractivity contribution in [2.45, 2.75) is 6.42 Å². The summed E-state index contributed by atoms with van der Waals surface area (Å²) >= 11 is 0. The summed E-state index contributed by atoms with van der Waals surface area (Å²) < 4.78 is 7.89. The zero-order valence-corrected chi connectivity index (χ0v) is 21.5. The Bertz CT molecular complexity index is 1620. The third kappa shape index (κ3) is 6.02. The Morgan fingerprint density at radius 1 is 0.897 bits per heavy atom. The zero-order chi connectivity index (χ0) is 27.2. The number of aromatic nitrogens is 4. The molecule has 0 aliphatic carbocycles. The average Bonchev–Trinajstić information content (AvgIpc) is 3.27. The van der Waals surface area contributed by atoms with Crippen LogP contribution in [0.15, 0.2) is 85.3 Å². The lowest BCUT2D eigenvalue weighted by molar-refractivity contribution is 0.0947. The molecule has 10 heteroatoms. The summed E-state index contributed by atoms with van der Waals surface area (Å²) in [4.78, 5) is 37.1. The van der Waals surface area contributed by atoms with Crippen molar-refractivity contribution >= 4 is 34.5 Å². The van der Waals surface area contributed by atoms with Crippen LogP contribution in [0.2, 0.25) is 0 Å². The van der Waals surface area contributed by atoms with Crippen LogP contribution in [-0.4, -0.2) is 44.9 Å². The second kappa shape index (κ2) is 11.4. The maximum absolute atomic E-state index is 12.5. The minimum Gasteiger partial charge on any atom is -0.457 e. The Hall–Kier alpha value is -5.25. The Labute approximate surface area is 225 Å². The summed E-state index contributed by atoms with van der Waals surface area (Å²) in [5.74, 6) is 1.32. The number of carbonyl (C=O) groups excluding carboxylic acids is 2. The van der Waals surface area contributed by atoms with Gasteiger partial charge in [-0.1, -0.05) is 0 Å². The van der Waals surface area contributed by atoms with E-state index >= 15 is 0 Å². The van der Waals surface area contributed by atoms with Gasteiger partial charge in [0.2, 0.25) is 5.95 Å². The van der Waals surface area contributed by atoms with E-state index in [1.165, 1.54) is 6.20 Å². The van der Waals surface area contributed by atoms with Crippen LogP contribution in [0.5, 0.6) is 11.5 Å². The number of nitrogens with zero attached hydrogens (tertiary/aromatic N) is 4. The number of aryl methyl sites for hydroxylation is 1. The minimum absolute atomic E-state index is 0.123.